The van der Waals surface area contributed by atoms with Crippen LogP contribution in [0.1, 0.15) is 86.7 Å². The van der Waals surface area contributed by atoms with Gasteiger partial charge in [0.15, 0.2) is 0 Å². The molecule has 5 rings (SSSR count). The molecule has 8 nitrogen and oxygen atoms in total. The van der Waals surface area contributed by atoms with Crippen LogP contribution in [0.25, 0.3) is 0 Å². The summed E-state index contributed by atoms with van der Waals surface area (Å²) >= 11 is 3.39. The molecular weight excluding hydrogens is 633 g/mol. The van der Waals surface area contributed by atoms with Crippen LogP contribution in [0.4, 0.5) is 11.9 Å². The smallest absolute Gasteiger partial charge is 0.223 e. The normalized spacial score (nSPS) is 19.0. The van der Waals surface area contributed by atoms with E-state index in [9.17, 15) is 0 Å². The summed E-state index contributed by atoms with van der Waals surface area (Å²) < 4.78 is 0. The number of anilines is 2. The van der Waals surface area contributed by atoms with E-state index in [0.717, 1.165) is 58.9 Å². The van der Waals surface area contributed by atoms with E-state index in [-0.39, 0.29) is 23.7 Å². The van der Waals surface area contributed by atoms with Gasteiger partial charge in [0, 0.05) is 61.4 Å². The molecule has 2 aromatic heterocycles. The van der Waals surface area contributed by atoms with Crippen LogP contribution in [-0.4, -0.2) is 57.6 Å². The molecule has 48 heavy (non-hydrogen) atoms. The molecule has 0 atom stereocenters. The summed E-state index contributed by atoms with van der Waals surface area (Å²) in [6, 6.07) is 26.2. The van der Waals surface area contributed by atoms with Gasteiger partial charge in [-0.05, 0) is 47.9 Å². The number of thioether (sulfide) groups is 2. The Hall–Kier alpha value is -3.18. The summed E-state index contributed by atoms with van der Waals surface area (Å²) in [7, 11) is 0. The van der Waals surface area contributed by atoms with Gasteiger partial charge < -0.3 is 22.1 Å². The lowest BCUT2D eigenvalue weighted by Crippen LogP contribution is -2.41. The minimum atomic E-state index is 0.109. The fourth-order valence-corrected chi connectivity index (χ4v) is 7.83. The Bertz CT molecular complexity index is 1430. The number of nitrogens with zero attached hydrogens (tertiary/aromatic N) is 4. The molecule has 0 unspecified atom stereocenters. The predicted molar refractivity (Wildman–Crippen MR) is 203 cm³/mol. The molecule has 0 amide bonds. The van der Waals surface area contributed by atoms with Gasteiger partial charge in [-0.3, -0.25) is 0 Å². The van der Waals surface area contributed by atoms with Crippen molar-refractivity contribution in [3.8, 4) is 0 Å². The summed E-state index contributed by atoms with van der Waals surface area (Å²) in [4.78, 5) is 20.3. The molecule has 2 heterocycles. The minimum Gasteiger partial charge on any atom is -0.354 e. The molecule has 1 saturated carbocycles. The van der Waals surface area contributed by atoms with Crippen molar-refractivity contribution in [3.05, 3.63) is 95.3 Å². The first-order valence-electron chi connectivity index (χ1n) is 17.4. The Morgan fingerprint density at radius 3 is 1.33 bits per heavy atom. The largest absolute Gasteiger partial charge is 0.354 e. The van der Waals surface area contributed by atoms with E-state index in [1.54, 1.807) is 23.5 Å². The van der Waals surface area contributed by atoms with Crippen LogP contribution in [0.3, 0.4) is 0 Å². The standard InChI is InChI=1S/C38H52N8S2/c1-25(2)15-19-41-37-43-29(23-31(45-37)47-21-17-39)35-33(27-11-7-5-8-12-27)36(34(35)28-13-9-6-10-14-28)30-24-32(48-22-18-40)46-38(44-30)42-20-16-26(3)4/h5-14,23-26,33-36H,15-22,39-40H2,1-4H3,(H,41,43,45)(H,42,44,46)/t33-,34-,35-,36-. The van der Waals surface area contributed by atoms with Crippen molar-refractivity contribution in [2.45, 2.75) is 74.3 Å². The molecule has 0 aliphatic heterocycles. The third-order valence-corrected chi connectivity index (χ3v) is 10.7. The lowest BCUT2D eigenvalue weighted by Gasteiger charge is -2.52. The van der Waals surface area contributed by atoms with E-state index >= 15 is 0 Å². The van der Waals surface area contributed by atoms with Crippen molar-refractivity contribution in [1.29, 1.82) is 0 Å². The second-order valence-electron chi connectivity index (χ2n) is 13.3. The average molecular weight is 685 g/mol. The van der Waals surface area contributed by atoms with E-state index in [4.69, 9.17) is 31.4 Å². The van der Waals surface area contributed by atoms with Crippen LogP contribution < -0.4 is 22.1 Å². The van der Waals surface area contributed by atoms with Gasteiger partial charge in [0.1, 0.15) is 10.1 Å². The number of nitrogens with one attached hydrogen (secondary N) is 2. The molecule has 0 radical (unpaired) electrons. The van der Waals surface area contributed by atoms with Gasteiger partial charge in [-0.25, -0.2) is 19.9 Å². The first-order chi connectivity index (χ1) is 23.4. The first kappa shape index (κ1) is 36.1. The van der Waals surface area contributed by atoms with Crippen LogP contribution >= 0.6 is 23.5 Å². The number of hydrogen-bond donors (Lipinski definition) is 4. The van der Waals surface area contributed by atoms with Crippen molar-refractivity contribution in [2.75, 3.05) is 48.3 Å². The van der Waals surface area contributed by atoms with Crippen molar-refractivity contribution in [1.82, 2.24) is 19.9 Å². The van der Waals surface area contributed by atoms with Crippen LogP contribution in [0, 0.1) is 11.8 Å². The molecule has 256 valence electrons. The van der Waals surface area contributed by atoms with Gasteiger partial charge in [0.25, 0.3) is 0 Å². The van der Waals surface area contributed by atoms with Gasteiger partial charge >= 0.3 is 0 Å². The monoisotopic (exact) mass is 684 g/mol. The highest BCUT2D eigenvalue weighted by Gasteiger charge is 2.54. The molecule has 0 bridgehead atoms. The highest BCUT2D eigenvalue weighted by molar-refractivity contribution is 7.99. The maximum Gasteiger partial charge on any atom is 0.223 e. The number of benzene rings is 2. The predicted octanol–water partition coefficient (Wildman–Crippen LogP) is 7.73. The van der Waals surface area contributed by atoms with E-state index in [1.165, 1.54) is 11.1 Å². The first-order valence-corrected chi connectivity index (χ1v) is 19.4. The van der Waals surface area contributed by atoms with Gasteiger partial charge in [-0.2, -0.15) is 0 Å². The quantitative estimate of drug-likeness (QED) is 0.0611. The van der Waals surface area contributed by atoms with Crippen LogP contribution in [-0.2, 0) is 0 Å². The van der Waals surface area contributed by atoms with E-state index in [2.05, 4.69) is 111 Å². The summed E-state index contributed by atoms with van der Waals surface area (Å²) in [5.41, 5.74) is 16.5. The zero-order valence-electron chi connectivity index (χ0n) is 28.8. The van der Waals surface area contributed by atoms with Crippen molar-refractivity contribution >= 4 is 35.4 Å². The lowest BCUT2D eigenvalue weighted by molar-refractivity contribution is 0.219. The van der Waals surface area contributed by atoms with Crippen molar-refractivity contribution in [3.63, 3.8) is 0 Å². The highest BCUT2D eigenvalue weighted by Crippen LogP contribution is 2.66. The van der Waals surface area contributed by atoms with Gasteiger partial charge in [-0.15, -0.1) is 23.5 Å². The molecule has 2 aromatic carbocycles. The molecule has 1 aliphatic carbocycles. The molecule has 6 N–H and O–H groups in total. The Morgan fingerprint density at radius 1 is 0.583 bits per heavy atom. The molecule has 10 heteroatoms. The zero-order valence-corrected chi connectivity index (χ0v) is 30.4. The SMILES string of the molecule is CC(C)CCNc1nc(SCCN)cc([C@H]2[C@H](c3ccccc3)[C@H](c3cc(SCCN)nc(NCCC(C)C)n3)[C@H]2c2ccccc2)n1. The van der Waals surface area contributed by atoms with Gasteiger partial charge in [0.2, 0.25) is 11.9 Å². The Labute approximate surface area is 295 Å². The molecular formula is C38H52N8S2. The summed E-state index contributed by atoms with van der Waals surface area (Å²) in [6.45, 7) is 11.8. The minimum absolute atomic E-state index is 0.109. The van der Waals surface area contributed by atoms with Crippen LogP contribution in [0.2, 0.25) is 0 Å². The topological polar surface area (TPSA) is 128 Å². The molecule has 0 spiro atoms. The fraction of sp³-hybridized carbons (Fsp3) is 0.474. The zero-order chi connectivity index (χ0) is 33.9. The van der Waals surface area contributed by atoms with Crippen molar-refractivity contribution < 1.29 is 0 Å². The summed E-state index contributed by atoms with van der Waals surface area (Å²) in [5, 5.41) is 9.00. The molecule has 0 saturated heterocycles. The number of hydrogen-bond acceptors (Lipinski definition) is 10. The van der Waals surface area contributed by atoms with Gasteiger partial charge in [-0.1, -0.05) is 88.4 Å². The van der Waals surface area contributed by atoms with E-state index < -0.39 is 0 Å². The molecule has 1 aliphatic rings. The fourth-order valence-electron chi connectivity index (χ4n) is 6.47. The van der Waals surface area contributed by atoms with Crippen LogP contribution in [0.5, 0.6) is 0 Å². The Kier molecular flexibility index (Phi) is 13.5. The number of aromatic nitrogens is 4. The maximum absolute atomic E-state index is 5.94. The molecule has 4 aromatic rings. The van der Waals surface area contributed by atoms with E-state index in [0.29, 0.717) is 36.8 Å². The van der Waals surface area contributed by atoms with Crippen LogP contribution in [0.15, 0.2) is 82.8 Å². The highest BCUT2D eigenvalue weighted by atomic mass is 32.2. The molecule has 1 fully saturated rings. The Balaban J connectivity index is 1.63. The second kappa shape index (κ2) is 18.0. The van der Waals surface area contributed by atoms with Crippen molar-refractivity contribution in [2.24, 2.45) is 23.3 Å². The number of nitrogens with two attached hydrogens (primary N) is 2. The maximum atomic E-state index is 5.94. The summed E-state index contributed by atoms with van der Waals surface area (Å²) in [6.07, 6.45) is 2.10. The summed E-state index contributed by atoms with van der Waals surface area (Å²) in [5.74, 6) is 4.68. The Morgan fingerprint density at radius 2 is 0.979 bits per heavy atom. The van der Waals surface area contributed by atoms with E-state index in [1.807, 2.05) is 0 Å². The lowest BCUT2D eigenvalue weighted by atomic mass is 9.50. The second-order valence-corrected chi connectivity index (χ2v) is 15.6. The third kappa shape index (κ3) is 9.49. The average Bonchev–Trinajstić information content (AvgIpc) is 3.06. The van der Waals surface area contributed by atoms with Gasteiger partial charge in [0.05, 0.1) is 11.4 Å². The third-order valence-electron chi connectivity index (χ3n) is 8.79. The number of rotatable bonds is 18.